The van der Waals surface area contributed by atoms with Gasteiger partial charge in [0.2, 0.25) is 0 Å². The standard InChI is InChI=1S/C34H69NO/c1-2-3-4-5-6-7-8-9-10-11-12-13-14-15-16-17-18-19-20-21-22-23-24-25-26-27-31-36-33-34-29-28-30-35-32-34/h34-35H,2-33H2,1H3. The van der Waals surface area contributed by atoms with Crippen molar-refractivity contribution in [3.63, 3.8) is 0 Å². The van der Waals surface area contributed by atoms with E-state index in [4.69, 9.17) is 4.74 Å². The van der Waals surface area contributed by atoms with Crippen LogP contribution in [0.3, 0.4) is 0 Å². The van der Waals surface area contributed by atoms with E-state index in [1.807, 2.05) is 0 Å². The van der Waals surface area contributed by atoms with Gasteiger partial charge in [-0.05, 0) is 31.7 Å². The number of nitrogens with one attached hydrogen (secondary N) is 1. The summed E-state index contributed by atoms with van der Waals surface area (Å²) in [5.74, 6) is 0.766. The van der Waals surface area contributed by atoms with Crippen LogP contribution in [0, 0.1) is 5.92 Å². The Balaban J connectivity index is 1.61. The van der Waals surface area contributed by atoms with Crippen LogP contribution in [0.4, 0.5) is 0 Å². The molecular formula is C34H69NO. The molecule has 0 radical (unpaired) electrons. The molecule has 0 aliphatic carbocycles. The third kappa shape index (κ3) is 25.6. The van der Waals surface area contributed by atoms with E-state index in [-0.39, 0.29) is 0 Å². The van der Waals surface area contributed by atoms with E-state index in [1.165, 1.54) is 193 Å². The van der Waals surface area contributed by atoms with Crippen LogP contribution in [0.5, 0.6) is 0 Å². The summed E-state index contributed by atoms with van der Waals surface area (Å²) >= 11 is 0. The Bertz CT molecular complexity index is 393. The SMILES string of the molecule is CCCCCCCCCCCCCCCCCCCCCCCCCCCCOCC1CCCNC1. The van der Waals surface area contributed by atoms with E-state index < -0.39 is 0 Å². The van der Waals surface area contributed by atoms with E-state index in [2.05, 4.69) is 12.2 Å². The highest BCUT2D eigenvalue weighted by Crippen LogP contribution is 2.16. The zero-order valence-corrected chi connectivity index (χ0v) is 25.1. The minimum atomic E-state index is 0.766. The normalized spacial score (nSPS) is 16.1. The van der Waals surface area contributed by atoms with Gasteiger partial charge in [-0.15, -0.1) is 0 Å². The maximum Gasteiger partial charge on any atom is 0.0506 e. The van der Waals surface area contributed by atoms with Crippen molar-refractivity contribution in [3.8, 4) is 0 Å². The van der Waals surface area contributed by atoms with Gasteiger partial charge >= 0.3 is 0 Å². The van der Waals surface area contributed by atoms with E-state index in [9.17, 15) is 0 Å². The summed E-state index contributed by atoms with van der Waals surface area (Å²) in [6.45, 7) is 6.64. The molecule has 0 saturated carbocycles. The van der Waals surface area contributed by atoms with Crippen molar-refractivity contribution in [2.75, 3.05) is 26.3 Å². The van der Waals surface area contributed by atoms with Crippen LogP contribution in [0.25, 0.3) is 0 Å². The van der Waals surface area contributed by atoms with Gasteiger partial charge in [-0.3, -0.25) is 0 Å². The molecule has 0 aromatic carbocycles. The van der Waals surface area contributed by atoms with E-state index in [0.717, 1.165) is 19.1 Å². The molecule has 0 bridgehead atoms. The Kier molecular flexibility index (Phi) is 27.8. The zero-order chi connectivity index (χ0) is 25.6. The Morgan fingerprint density at radius 3 is 1.19 bits per heavy atom. The minimum Gasteiger partial charge on any atom is -0.381 e. The van der Waals surface area contributed by atoms with Crippen LogP contribution in [0.2, 0.25) is 0 Å². The van der Waals surface area contributed by atoms with E-state index >= 15 is 0 Å². The molecule has 1 fully saturated rings. The molecule has 1 unspecified atom stereocenters. The number of unbranched alkanes of at least 4 members (excludes halogenated alkanes) is 25. The Morgan fingerprint density at radius 1 is 0.500 bits per heavy atom. The maximum absolute atomic E-state index is 5.89. The van der Waals surface area contributed by atoms with Gasteiger partial charge in [0, 0.05) is 13.2 Å². The monoisotopic (exact) mass is 508 g/mol. The molecule has 0 amide bonds. The van der Waals surface area contributed by atoms with Crippen molar-refractivity contribution >= 4 is 0 Å². The molecule has 36 heavy (non-hydrogen) atoms. The quantitative estimate of drug-likeness (QED) is 0.102. The molecule has 1 heterocycles. The highest BCUT2D eigenvalue weighted by Gasteiger charge is 2.12. The zero-order valence-electron chi connectivity index (χ0n) is 25.1. The summed E-state index contributed by atoms with van der Waals surface area (Å²) in [5.41, 5.74) is 0. The fraction of sp³-hybridized carbons (Fsp3) is 1.00. The molecule has 1 aliphatic rings. The number of ether oxygens (including phenoxy) is 1. The predicted octanol–water partition coefficient (Wildman–Crippen LogP) is 11.2. The smallest absolute Gasteiger partial charge is 0.0506 e. The minimum absolute atomic E-state index is 0.766. The molecule has 1 rings (SSSR count). The van der Waals surface area contributed by atoms with Crippen molar-refractivity contribution < 1.29 is 4.74 Å². The van der Waals surface area contributed by atoms with Gasteiger partial charge in [0.05, 0.1) is 6.61 Å². The molecule has 1 saturated heterocycles. The Labute approximate surface area is 228 Å². The van der Waals surface area contributed by atoms with Crippen LogP contribution < -0.4 is 5.32 Å². The summed E-state index contributed by atoms with van der Waals surface area (Å²) in [5, 5.41) is 3.48. The van der Waals surface area contributed by atoms with Crippen LogP contribution in [-0.2, 0) is 4.74 Å². The largest absolute Gasteiger partial charge is 0.381 e. The van der Waals surface area contributed by atoms with Gasteiger partial charge < -0.3 is 10.1 Å². The average Bonchev–Trinajstić information content (AvgIpc) is 2.91. The first-order valence-electron chi connectivity index (χ1n) is 17.2. The van der Waals surface area contributed by atoms with Crippen molar-refractivity contribution in [2.45, 2.75) is 187 Å². The average molecular weight is 508 g/mol. The third-order valence-electron chi connectivity index (χ3n) is 8.39. The fourth-order valence-corrected chi connectivity index (χ4v) is 5.84. The molecular weight excluding hydrogens is 438 g/mol. The summed E-state index contributed by atoms with van der Waals surface area (Å²) < 4.78 is 5.89. The van der Waals surface area contributed by atoms with Crippen LogP contribution >= 0.6 is 0 Å². The number of hydrogen-bond acceptors (Lipinski definition) is 2. The van der Waals surface area contributed by atoms with Gasteiger partial charge in [0.25, 0.3) is 0 Å². The molecule has 2 heteroatoms. The predicted molar refractivity (Wildman–Crippen MR) is 162 cm³/mol. The second-order valence-electron chi connectivity index (χ2n) is 12.1. The molecule has 216 valence electrons. The molecule has 0 aromatic rings. The molecule has 1 N–H and O–H groups in total. The molecule has 0 aromatic heterocycles. The first-order chi connectivity index (χ1) is 17.9. The third-order valence-corrected chi connectivity index (χ3v) is 8.39. The van der Waals surface area contributed by atoms with Gasteiger partial charge in [-0.2, -0.15) is 0 Å². The number of piperidine rings is 1. The summed E-state index contributed by atoms with van der Waals surface area (Å²) in [6.07, 6.45) is 40.6. The summed E-state index contributed by atoms with van der Waals surface area (Å²) in [4.78, 5) is 0. The maximum atomic E-state index is 5.89. The van der Waals surface area contributed by atoms with Gasteiger partial charge in [0.15, 0.2) is 0 Å². The first kappa shape index (κ1) is 33.9. The Morgan fingerprint density at radius 2 is 0.861 bits per heavy atom. The van der Waals surface area contributed by atoms with Crippen LogP contribution in [0.1, 0.15) is 187 Å². The molecule has 2 nitrogen and oxygen atoms in total. The van der Waals surface area contributed by atoms with Crippen LogP contribution in [-0.4, -0.2) is 26.3 Å². The van der Waals surface area contributed by atoms with E-state index in [1.54, 1.807) is 0 Å². The van der Waals surface area contributed by atoms with Gasteiger partial charge in [-0.25, -0.2) is 0 Å². The Hall–Kier alpha value is -0.0800. The van der Waals surface area contributed by atoms with Gasteiger partial charge in [0.1, 0.15) is 0 Å². The van der Waals surface area contributed by atoms with Crippen molar-refractivity contribution in [1.82, 2.24) is 5.32 Å². The van der Waals surface area contributed by atoms with E-state index in [0.29, 0.717) is 0 Å². The first-order valence-corrected chi connectivity index (χ1v) is 17.2. The fourth-order valence-electron chi connectivity index (χ4n) is 5.84. The second kappa shape index (κ2) is 29.5. The lowest BCUT2D eigenvalue weighted by atomic mass is 10.0. The van der Waals surface area contributed by atoms with Crippen LogP contribution in [0.15, 0.2) is 0 Å². The lowest BCUT2D eigenvalue weighted by Gasteiger charge is -2.22. The molecule has 1 atom stereocenters. The number of hydrogen-bond donors (Lipinski definition) is 1. The van der Waals surface area contributed by atoms with Crippen molar-refractivity contribution in [2.24, 2.45) is 5.92 Å². The summed E-state index contributed by atoms with van der Waals surface area (Å²) in [7, 11) is 0. The van der Waals surface area contributed by atoms with Crippen molar-refractivity contribution in [3.05, 3.63) is 0 Å². The highest BCUT2D eigenvalue weighted by atomic mass is 16.5. The highest BCUT2D eigenvalue weighted by molar-refractivity contribution is 4.68. The van der Waals surface area contributed by atoms with Crippen molar-refractivity contribution in [1.29, 1.82) is 0 Å². The molecule has 1 aliphatic heterocycles. The second-order valence-corrected chi connectivity index (χ2v) is 12.1. The van der Waals surface area contributed by atoms with Gasteiger partial charge in [-0.1, -0.05) is 167 Å². The topological polar surface area (TPSA) is 21.3 Å². The lowest BCUT2D eigenvalue weighted by Crippen LogP contribution is -2.32. The summed E-state index contributed by atoms with van der Waals surface area (Å²) in [6, 6.07) is 0. The lowest BCUT2D eigenvalue weighted by molar-refractivity contribution is 0.0869. The molecule has 0 spiro atoms. The number of rotatable bonds is 29.